The van der Waals surface area contributed by atoms with Gasteiger partial charge < -0.3 is 20.4 Å². The summed E-state index contributed by atoms with van der Waals surface area (Å²) in [6.07, 6.45) is 3.25. The van der Waals surface area contributed by atoms with Crippen LogP contribution >= 0.6 is 0 Å². The second-order valence-corrected chi connectivity index (χ2v) is 10.6. The zero-order valence-electron chi connectivity index (χ0n) is 23.6. The summed E-state index contributed by atoms with van der Waals surface area (Å²) in [6, 6.07) is 19.3. The van der Waals surface area contributed by atoms with Gasteiger partial charge in [0.25, 0.3) is 5.91 Å². The Kier molecular flexibility index (Phi) is 9.43. The largest absolute Gasteiger partial charge is 0.489 e. The number of ether oxygens (including phenoxy) is 1. The number of carbonyl (C=O) groups is 2. The maximum absolute atomic E-state index is 13.6. The maximum Gasteiger partial charge on any atom is 0.269 e. The van der Waals surface area contributed by atoms with Gasteiger partial charge in [-0.25, -0.2) is 0 Å². The second-order valence-electron chi connectivity index (χ2n) is 10.6. The monoisotopic (exact) mass is 539 g/mol. The van der Waals surface area contributed by atoms with Crippen molar-refractivity contribution < 1.29 is 14.3 Å². The molecule has 2 amide bonds. The summed E-state index contributed by atoms with van der Waals surface area (Å²) in [5, 5.41) is 11.9. The number of nitrogens with zero attached hydrogens (tertiary/aromatic N) is 3. The first-order valence-electron chi connectivity index (χ1n) is 13.7. The van der Waals surface area contributed by atoms with Crippen LogP contribution in [0.4, 0.5) is 0 Å². The van der Waals surface area contributed by atoms with Crippen LogP contribution in [0.5, 0.6) is 5.75 Å². The van der Waals surface area contributed by atoms with Crippen molar-refractivity contribution in [1.29, 1.82) is 5.41 Å². The number of benzene rings is 2. The molecule has 2 N–H and O–H groups in total. The molecular formula is C32H37N5O3. The molecule has 0 fully saturated rings. The minimum absolute atomic E-state index is 0.0201. The molecule has 1 aliphatic heterocycles. The Morgan fingerprint density at radius 1 is 0.975 bits per heavy atom. The SMILES string of the molecule is CC(C)NC(=O)CN1CCN=C(C(C(=N)c2ccncc2)c2ccc(OCc3ccc(C(C)C)cc3)cc2)C1=O. The molecule has 0 bridgehead atoms. The van der Waals surface area contributed by atoms with Crippen LogP contribution in [0, 0.1) is 5.41 Å². The molecule has 0 saturated carbocycles. The van der Waals surface area contributed by atoms with Crippen molar-refractivity contribution in [3.05, 3.63) is 95.3 Å². The summed E-state index contributed by atoms with van der Waals surface area (Å²) in [7, 11) is 0. The highest BCUT2D eigenvalue weighted by molar-refractivity contribution is 6.46. The molecule has 1 aliphatic rings. The molecule has 0 aliphatic carbocycles. The van der Waals surface area contributed by atoms with E-state index >= 15 is 0 Å². The van der Waals surface area contributed by atoms with Crippen LogP contribution in [-0.2, 0) is 16.2 Å². The first-order valence-corrected chi connectivity index (χ1v) is 13.7. The normalized spacial score (nSPS) is 14.2. The fraction of sp³-hybridized carbons (Fsp3) is 0.344. The van der Waals surface area contributed by atoms with Crippen LogP contribution in [0.15, 0.2) is 78.0 Å². The average Bonchev–Trinajstić information content (AvgIpc) is 2.95. The molecule has 3 aromatic rings. The van der Waals surface area contributed by atoms with Gasteiger partial charge in [-0.15, -0.1) is 0 Å². The summed E-state index contributed by atoms with van der Waals surface area (Å²) in [6.45, 7) is 9.21. The molecule has 2 aromatic carbocycles. The van der Waals surface area contributed by atoms with Crippen LogP contribution in [0.3, 0.4) is 0 Å². The summed E-state index contributed by atoms with van der Waals surface area (Å²) in [5.41, 5.74) is 4.25. The number of carbonyl (C=O) groups excluding carboxylic acids is 2. The Bertz CT molecular complexity index is 1350. The van der Waals surface area contributed by atoms with E-state index in [-0.39, 0.29) is 35.8 Å². The molecule has 4 rings (SSSR count). The van der Waals surface area contributed by atoms with Crippen molar-refractivity contribution in [2.75, 3.05) is 19.6 Å². The van der Waals surface area contributed by atoms with Crippen molar-refractivity contribution in [1.82, 2.24) is 15.2 Å². The fourth-order valence-corrected chi connectivity index (χ4v) is 4.61. The number of amides is 2. The third kappa shape index (κ3) is 7.20. The lowest BCUT2D eigenvalue weighted by atomic mass is 9.85. The Labute approximate surface area is 236 Å². The Balaban J connectivity index is 1.55. The van der Waals surface area contributed by atoms with Gasteiger partial charge in [-0.3, -0.25) is 19.6 Å². The minimum Gasteiger partial charge on any atom is -0.489 e. The van der Waals surface area contributed by atoms with Crippen molar-refractivity contribution in [3.63, 3.8) is 0 Å². The van der Waals surface area contributed by atoms with Gasteiger partial charge in [0.15, 0.2) is 0 Å². The number of hydrogen-bond acceptors (Lipinski definition) is 6. The molecule has 1 aromatic heterocycles. The van der Waals surface area contributed by atoms with Crippen molar-refractivity contribution >= 4 is 23.2 Å². The smallest absolute Gasteiger partial charge is 0.269 e. The van der Waals surface area contributed by atoms with E-state index in [2.05, 4.69) is 53.4 Å². The second kappa shape index (κ2) is 13.2. The molecule has 1 unspecified atom stereocenters. The topological polar surface area (TPSA) is 108 Å². The molecule has 0 radical (unpaired) electrons. The molecular weight excluding hydrogens is 502 g/mol. The van der Waals surface area contributed by atoms with Gasteiger partial charge in [0, 0.05) is 25.0 Å². The molecule has 2 heterocycles. The van der Waals surface area contributed by atoms with Crippen molar-refractivity contribution in [2.24, 2.45) is 4.99 Å². The van der Waals surface area contributed by atoms with Gasteiger partial charge in [0.05, 0.1) is 24.7 Å². The Morgan fingerprint density at radius 2 is 1.62 bits per heavy atom. The van der Waals surface area contributed by atoms with Crippen LogP contribution in [0.25, 0.3) is 0 Å². The minimum atomic E-state index is -0.705. The number of pyridine rings is 1. The van der Waals surface area contributed by atoms with E-state index in [1.165, 1.54) is 10.5 Å². The Morgan fingerprint density at radius 3 is 2.25 bits per heavy atom. The Hall–Kier alpha value is -4.33. The summed E-state index contributed by atoms with van der Waals surface area (Å²) < 4.78 is 6.02. The predicted molar refractivity (Wildman–Crippen MR) is 157 cm³/mol. The van der Waals surface area contributed by atoms with Gasteiger partial charge in [-0.05, 0) is 66.3 Å². The third-order valence-corrected chi connectivity index (χ3v) is 6.76. The van der Waals surface area contributed by atoms with Gasteiger partial charge in [-0.2, -0.15) is 0 Å². The molecule has 0 saturated heterocycles. The lowest BCUT2D eigenvalue weighted by Crippen LogP contribution is -2.50. The molecule has 8 nitrogen and oxygen atoms in total. The molecule has 1 atom stereocenters. The highest BCUT2D eigenvalue weighted by atomic mass is 16.5. The van der Waals surface area contributed by atoms with Gasteiger partial charge in [0.1, 0.15) is 18.1 Å². The number of aliphatic imine (C=N–C) groups is 1. The lowest BCUT2D eigenvalue weighted by Gasteiger charge is -2.30. The maximum atomic E-state index is 13.6. The summed E-state index contributed by atoms with van der Waals surface area (Å²) >= 11 is 0. The van der Waals surface area contributed by atoms with Crippen LogP contribution in [-0.4, -0.2) is 58.8 Å². The van der Waals surface area contributed by atoms with E-state index in [0.29, 0.717) is 36.9 Å². The van der Waals surface area contributed by atoms with E-state index in [0.717, 1.165) is 11.1 Å². The highest BCUT2D eigenvalue weighted by Crippen LogP contribution is 2.27. The van der Waals surface area contributed by atoms with E-state index in [9.17, 15) is 9.59 Å². The van der Waals surface area contributed by atoms with Crippen molar-refractivity contribution in [3.8, 4) is 5.75 Å². The molecule has 208 valence electrons. The number of aromatic nitrogens is 1. The average molecular weight is 540 g/mol. The number of nitrogens with one attached hydrogen (secondary N) is 2. The fourth-order valence-electron chi connectivity index (χ4n) is 4.61. The third-order valence-electron chi connectivity index (χ3n) is 6.76. The quantitative estimate of drug-likeness (QED) is 0.343. The van der Waals surface area contributed by atoms with Gasteiger partial charge in [0.2, 0.25) is 5.91 Å². The zero-order chi connectivity index (χ0) is 28.6. The number of hydrogen-bond donors (Lipinski definition) is 2. The van der Waals surface area contributed by atoms with Crippen LogP contribution in [0.2, 0.25) is 0 Å². The van der Waals surface area contributed by atoms with E-state index in [4.69, 9.17) is 10.1 Å². The first-order chi connectivity index (χ1) is 19.2. The summed E-state index contributed by atoms with van der Waals surface area (Å²) in [4.78, 5) is 36.1. The summed E-state index contributed by atoms with van der Waals surface area (Å²) in [5.74, 6) is -0.0886. The van der Waals surface area contributed by atoms with Crippen LogP contribution in [0.1, 0.15) is 61.8 Å². The molecule has 8 heteroatoms. The van der Waals surface area contributed by atoms with E-state index < -0.39 is 5.92 Å². The van der Waals surface area contributed by atoms with E-state index in [1.54, 1.807) is 24.5 Å². The predicted octanol–water partition coefficient (Wildman–Crippen LogP) is 4.74. The highest BCUT2D eigenvalue weighted by Gasteiger charge is 2.34. The van der Waals surface area contributed by atoms with Crippen molar-refractivity contribution in [2.45, 2.75) is 52.2 Å². The first kappa shape index (κ1) is 28.7. The standard InChI is InChI=1S/C32H37N5O3/c1-21(2)24-7-5-23(6-8-24)20-40-27-11-9-25(10-12-27)29(30(33)26-13-15-34-16-14-26)31-32(39)37(18-17-35-31)19-28(38)36-22(3)4/h5-16,21-22,29,33H,17-20H2,1-4H3,(H,36,38). The molecule has 40 heavy (non-hydrogen) atoms. The molecule has 0 spiro atoms. The zero-order valence-corrected chi connectivity index (χ0v) is 23.6. The number of rotatable bonds is 11. The van der Waals surface area contributed by atoms with Crippen LogP contribution < -0.4 is 10.1 Å². The van der Waals surface area contributed by atoms with Gasteiger partial charge in [-0.1, -0.05) is 50.2 Å². The lowest BCUT2D eigenvalue weighted by molar-refractivity contribution is -0.131. The van der Waals surface area contributed by atoms with E-state index in [1.807, 2.05) is 38.1 Å². The van der Waals surface area contributed by atoms with Gasteiger partial charge >= 0.3 is 0 Å².